The second-order valence-electron chi connectivity index (χ2n) is 6.88. The third-order valence-corrected chi connectivity index (χ3v) is 4.53. The molecule has 1 aromatic rings. The first-order valence-corrected chi connectivity index (χ1v) is 8.82. The molecule has 0 aliphatic heterocycles. The molecule has 134 valence electrons. The maximum absolute atomic E-state index is 12.2. The highest BCUT2D eigenvalue weighted by Crippen LogP contribution is 2.35. The lowest BCUT2D eigenvalue weighted by molar-refractivity contribution is -0.136. The molecule has 1 N–H and O–H groups in total. The smallest absolute Gasteiger partial charge is 0.338 e. The Morgan fingerprint density at radius 3 is 2.29 bits per heavy atom. The number of carbonyl (C=O) groups excluding carboxylic acids is 1. The number of ether oxygens (including phenoxy) is 1. The van der Waals surface area contributed by atoms with Crippen LogP contribution in [0.1, 0.15) is 63.7 Å². The number of hydrogen-bond donors (Lipinski definition) is 1. The summed E-state index contributed by atoms with van der Waals surface area (Å²) in [5.74, 6) is 0.809. The van der Waals surface area contributed by atoms with Gasteiger partial charge in [0.15, 0.2) is 0 Å². The lowest BCUT2D eigenvalue weighted by Gasteiger charge is -2.36. The van der Waals surface area contributed by atoms with Gasteiger partial charge in [-0.25, -0.2) is 4.79 Å². The Bertz CT molecular complexity index is 510. The molecule has 1 fully saturated rings. The van der Waals surface area contributed by atoms with Crippen LogP contribution < -0.4 is 0 Å². The first-order chi connectivity index (χ1) is 11.3. The molecule has 1 aromatic carbocycles. The molecule has 0 amide bonds. The maximum Gasteiger partial charge on any atom is 0.338 e. The highest BCUT2D eigenvalue weighted by molar-refractivity contribution is 5.89. The highest BCUT2D eigenvalue weighted by atomic mass is 16.5. The topological polar surface area (TPSA) is 63.6 Å². The molecule has 0 radical (unpaired) electrons. The van der Waals surface area contributed by atoms with E-state index in [9.17, 15) is 9.59 Å². The second kappa shape index (κ2) is 10.1. The van der Waals surface area contributed by atoms with Crippen molar-refractivity contribution in [2.24, 2.45) is 17.8 Å². The molecule has 4 heteroatoms. The summed E-state index contributed by atoms with van der Waals surface area (Å²) in [6, 6.07) is 9.30. The minimum absolute atomic E-state index is 0.0801. The molecule has 0 spiro atoms. The Labute approximate surface area is 145 Å². The van der Waals surface area contributed by atoms with Gasteiger partial charge in [0.2, 0.25) is 0 Å². The number of esters is 1. The van der Waals surface area contributed by atoms with E-state index >= 15 is 0 Å². The van der Waals surface area contributed by atoms with Crippen molar-refractivity contribution < 1.29 is 19.4 Å². The van der Waals surface area contributed by atoms with Crippen LogP contribution in [0, 0.1) is 17.8 Å². The maximum atomic E-state index is 12.2. The zero-order valence-electron chi connectivity index (χ0n) is 15.2. The Kier molecular flexibility index (Phi) is 8.51. The van der Waals surface area contributed by atoms with Crippen molar-refractivity contribution in [1.82, 2.24) is 0 Å². The molecule has 3 atom stereocenters. The first-order valence-electron chi connectivity index (χ1n) is 8.82. The molecule has 24 heavy (non-hydrogen) atoms. The van der Waals surface area contributed by atoms with Crippen LogP contribution in [-0.2, 0) is 9.53 Å². The number of aliphatic carboxylic acids is 1. The van der Waals surface area contributed by atoms with E-state index in [-0.39, 0.29) is 18.5 Å². The summed E-state index contributed by atoms with van der Waals surface area (Å²) in [6.45, 7) is 8.30. The van der Waals surface area contributed by atoms with Crippen molar-refractivity contribution in [3.8, 4) is 0 Å². The average molecular weight is 334 g/mol. The zero-order valence-corrected chi connectivity index (χ0v) is 15.2. The van der Waals surface area contributed by atoms with E-state index in [0.717, 1.165) is 6.42 Å². The number of carbonyl (C=O) groups is 2. The van der Waals surface area contributed by atoms with Gasteiger partial charge < -0.3 is 9.84 Å². The standard InChI is InChI=1S/C17H24O2.C3H6O2/c1-12(2)15-10-9-13(3)11-16(15)19-17(18)14-7-5-4-6-8-14;1-2-3(4)5/h4-8,12-13,15-16H,9-11H2,1-3H3;2H2,1H3,(H,4,5). The molecule has 3 unspecified atom stereocenters. The van der Waals surface area contributed by atoms with Crippen LogP contribution in [-0.4, -0.2) is 23.1 Å². The summed E-state index contributed by atoms with van der Waals surface area (Å²) in [7, 11) is 0. The third-order valence-electron chi connectivity index (χ3n) is 4.53. The van der Waals surface area contributed by atoms with Crippen molar-refractivity contribution in [3.63, 3.8) is 0 Å². The molecule has 1 aliphatic rings. The summed E-state index contributed by atoms with van der Waals surface area (Å²) >= 11 is 0. The number of carboxylic acid groups (broad SMARTS) is 1. The predicted molar refractivity (Wildman–Crippen MR) is 94.9 cm³/mol. The Morgan fingerprint density at radius 1 is 1.21 bits per heavy atom. The van der Waals surface area contributed by atoms with Gasteiger partial charge in [0.1, 0.15) is 6.10 Å². The molecular formula is C20H30O4. The lowest BCUT2D eigenvalue weighted by Crippen LogP contribution is -2.35. The SMILES string of the molecule is CC1CCC(C(C)C)C(OC(=O)c2ccccc2)C1.CCC(=O)O. The Hall–Kier alpha value is -1.84. The van der Waals surface area contributed by atoms with Crippen LogP contribution in [0.3, 0.4) is 0 Å². The first kappa shape index (κ1) is 20.2. The summed E-state index contributed by atoms with van der Waals surface area (Å²) < 4.78 is 5.78. The van der Waals surface area contributed by atoms with E-state index in [0.29, 0.717) is 23.3 Å². The van der Waals surface area contributed by atoms with E-state index in [1.165, 1.54) is 12.8 Å². The van der Waals surface area contributed by atoms with Crippen molar-refractivity contribution in [2.45, 2.75) is 59.5 Å². The van der Waals surface area contributed by atoms with Gasteiger partial charge in [-0.1, -0.05) is 52.3 Å². The minimum atomic E-state index is -0.745. The van der Waals surface area contributed by atoms with Gasteiger partial charge in [-0.15, -0.1) is 0 Å². The van der Waals surface area contributed by atoms with Gasteiger partial charge in [-0.05, 0) is 42.7 Å². The summed E-state index contributed by atoms with van der Waals surface area (Å²) in [5, 5.41) is 7.72. The molecule has 1 saturated carbocycles. The highest BCUT2D eigenvalue weighted by Gasteiger charge is 2.33. The minimum Gasteiger partial charge on any atom is -0.481 e. The summed E-state index contributed by atoms with van der Waals surface area (Å²) in [6.07, 6.45) is 3.73. The van der Waals surface area contributed by atoms with Gasteiger partial charge in [0, 0.05) is 6.42 Å². The third kappa shape index (κ3) is 6.73. The van der Waals surface area contributed by atoms with Crippen molar-refractivity contribution in [3.05, 3.63) is 35.9 Å². The fraction of sp³-hybridized carbons (Fsp3) is 0.600. The van der Waals surface area contributed by atoms with E-state index in [4.69, 9.17) is 9.84 Å². The summed E-state index contributed by atoms with van der Waals surface area (Å²) in [5.41, 5.74) is 0.656. The number of hydrogen-bond acceptors (Lipinski definition) is 3. The van der Waals surface area contributed by atoms with Crippen molar-refractivity contribution in [2.75, 3.05) is 0 Å². The predicted octanol–water partition coefficient (Wildman–Crippen LogP) is 4.79. The molecule has 0 bridgehead atoms. The van der Waals surface area contributed by atoms with Crippen LogP contribution in [0.2, 0.25) is 0 Å². The Balaban J connectivity index is 0.000000505. The molecular weight excluding hydrogens is 304 g/mol. The lowest BCUT2D eigenvalue weighted by atomic mass is 9.75. The van der Waals surface area contributed by atoms with Crippen LogP contribution >= 0.6 is 0 Å². The second-order valence-corrected chi connectivity index (χ2v) is 6.88. The van der Waals surface area contributed by atoms with E-state index in [2.05, 4.69) is 20.8 Å². The zero-order chi connectivity index (χ0) is 18.1. The van der Waals surface area contributed by atoms with Crippen LogP contribution in [0.25, 0.3) is 0 Å². The molecule has 1 aliphatic carbocycles. The molecule has 2 rings (SSSR count). The van der Waals surface area contributed by atoms with Crippen LogP contribution in [0.15, 0.2) is 30.3 Å². The number of benzene rings is 1. The molecule has 4 nitrogen and oxygen atoms in total. The molecule has 0 saturated heterocycles. The van der Waals surface area contributed by atoms with Gasteiger partial charge in [-0.2, -0.15) is 0 Å². The van der Waals surface area contributed by atoms with Gasteiger partial charge in [0.25, 0.3) is 0 Å². The normalized spacial score (nSPS) is 23.1. The monoisotopic (exact) mass is 334 g/mol. The number of rotatable bonds is 4. The van der Waals surface area contributed by atoms with Gasteiger partial charge in [-0.3, -0.25) is 4.79 Å². The molecule has 0 aromatic heterocycles. The van der Waals surface area contributed by atoms with Crippen LogP contribution in [0.5, 0.6) is 0 Å². The molecule has 0 heterocycles. The Morgan fingerprint density at radius 2 is 1.79 bits per heavy atom. The van der Waals surface area contributed by atoms with Crippen LogP contribution in [0.4, 0.5) is 0 Å². The summed E-state index contributed by atoms with van der Waals surface area (Å²) in [4.78, 5) is 21.5. The fourth-order valence-corrected chi connectivity index (χ4v) is 3.03. The quantitative estimate of drug-likeness (QED) is 0.804. The van der Waals surface area contributed by atoms with Crippen molar-refractivity contribution >= 4 is 11.9 Å². The van der Waals surface area contributed by atoms with Gasteiger partial charge in [0.05, 0.1) is 5.56 Å². The van der Waals surface area contributed by atoms with E-state index in [1.54, 1.807) is 6.92 Å². The largest absolute Gasteiger partial charge is 0.481 e. The van der Waals surface area contributed by atoms with E-state index in [1.807, 2.05) is 30.3 Å². The average Bonchev–Trinajstić information content (AvgIpc) is 2.56. The van der Waals surface area contributed by atoms with Crippen molar-refractivity contribution in [1.29, 1.82) is 0 Å². The van der Waals surface area contributed by atoms with E-state index < -0.39 is 5.97 Å². The fourth-order valence-electron chi connectivity index (χ4n) is 3.03. The number of carboxylic acids is 1. The van der Waals surface area contributed by atoms with Gasteiger partial charge >= 0.3 is 11.9 Å².